The zero-order chi connectivity index (χ0) is 17.6. The molecule has 2 amide bonds. The number of amides is 2. The first kappa shape index (κ1) is 17.1. The summed E-state index contributed by atoms with van der Waals surface area (Å²) in [6, 6.07) is 7.42. The Morgan fingerprint density at radius 3 is 2.50 bits per heavy atom. The predicted octanol–water partition coefficient (Wildman–Crippen LogP) is 5.07. The van der Waals surface area contributed by atoms with Gasteiger partial charge in [-0.25, -0.2) is 0 Å². The highest BCUT2D eigenvalue weighted by molar-refractivity contribution is 8.18. The Morgan fingerprint density at radius 2 is 1.88 bits per heavy atom. The maximum atomic E-state index is 12.1. The van der Waals surface area contributed by atoms with E-state index in [9.17, 15) is 9.59 Å². The van der Waals surface area contributed by atoms with Gasteiger partial charge in [-0.3, -0.25) is 14.5 Å². The Hall–Kier alpha value is -1.69. The third-order valence-corrected chi connectivity index (χ3v) is 5.69. The van der Waals surface area contributed by atoms with Crippen LogP contribution < -0.4 is 0 Å². The Kier molecular flexibility index (Phi) is 4.51. The number of benzene rings is 1. The summed E-state index contributed by atoms with van der Waals surface area (Å²) in [5.74, 6) is -0.282. The third kappa shape index (κ3) is 2.77. The van der Waals surface area contributed by atoms with Crippen LogP contribution in [-0.4, -0.2) is 27.7 Å². The Morgan fingerprint density at radius 1 is 1.17 bits per heavy atom. The molecule has 24 heavy (non-hydrogen) atoms. The minimum Gasteiger partial charge on any atom is -0.316 e. The molecule has 1 aliphatic heterocycles. The summed E-state index contributed by atoms with van der Waals surface area (Å²) in [5, 5.41) is 0.690. The lowest BCUT2D eigenvalue weighted by Gasteiger charge is -2.12. The molecule has 0 bridgehead atoms. The van der Waals surface area contributed by atoms with Gasteiger partial charge in [-0.2, -0.15) is 0 Å². The molecule has 1 saturated heterocycles. The summed E-state index contributed by atoms with van der Waals surface area (Å²) in [7, 11) is 1.48. The molecule has 1 fully saturated rings. The van der Waals surface area contributed by atoms with E-state index in [0.717, 1.165) is 39.3 Å². The second-order valence-corrected chi connectivity index (χ2v) is 7.25. The van der Waals surface area contributed by atoms with Crippen LogP contribution in [0.15, 0.2) is 29.2 Å². The Labute approximate surface area is 154 Å². The van der Waals surface area contributed by atoms with Gasteiger partial charge in [0, 0.05) is 18.4 Å². The van der Waals surface area contributed by atoms with E-state index in [1.807, 2.05) is 36.6 Å². The number of rotatable bonds is 2. The van der Waals surface area contributed by atoms with E-state index in [2.05, 4.69) is 0 Å². The van der Waals surface area contributed by atoms with Gasteiger partial charge in [0.2, 0.25) is 0 Å². The molecule has 0 aliphatic carbocycles. The van der Waals surface area contributed by atoms with Crippen LogP contribution in [0.1, 0.15) is 17.0 Å². The molecule has 0 radical (unpaired) electrons. The van der Waals surface area contributed by atoms with E-state index in [4.69, 9.17) is 23.2 Å². The van der Waals surface area contributed by atoms with Crippen LogP contribution in [0, 0.1) is 13.8 Å². The van der Waals surface area contributed by atoms with Crippen molar-refractivity contribution in [2.24, 2.45) is 0 Å². The molecule has 3 rings (SSSR count). The average Bonchev–Trinajstić information content (AvgIpc) is 2.94. The number of aryl methyl sites for hydroxylation is 1. The van der Waals surface area contributed by atoms with E-state index < -0.39 is 0 Å². The molecule has 1 aromatic carbocycles. The van der Waals surface area contributed by atoms with Crippen LogP contribution in [0.25, 0.3) is 11.8 Å². The fourth-order valence-corrected chi connectivity index (χ4v) is 3.85. The standard InChI is InChI=1S/C17H14Cl2N2O2S/c1-9-7-11(8-14-16(22)20(3)17(23)24-14)10(2)21(9)13-6-4-5-12(18)15(13)19/h4-8H,1-3H3/b14-8-. The number of carbonyl (C=O) groups excluding carboxylic acids is 2. The molecule has 7 heteroatoms. The summed E-state index contributed by atoms with van der Waals surface area (Å²) in [6.07, 6.45) is 1.74. The maximum absolute atomic E-state index is 12.1. The first-order valence-electron chi connectivity index (χ1n) is 7.16. The van der Waals surface area contributed by atoms with Gasteiger partial charge in [0.1, 0.15) is 0 Å². The summed E-state index contributed by atoms with van der Waals surface area (Å²) in [6.45, 7) is 3.89. The number of carbonyl (C=O) groups is 2. The SMILES string of the molecule is Cc1cc(/C=C2\SC(=O)N(C)C2=O)c(C)n1-c1cccc(Cl)c1Cl. The lowest BCUT2D eigenvalue weighted by molar-refractivity contribution is -0.121. The molecule has 0 spiro atoms. The van der Waals surface area contributed by atoms with Gasteiger partial charge in [0.25, 0.3) is 11.1 Å². The Balaban J connectivity index is 2.10. The largest absolute Gasteiger partial charge is 0.316 e. The van der Waals surface area contributed by atoms with Gasteiger partial charge in [-0.15, -0.1) is 0 Å². The van der Waals surface area contributed by atoms with Crippen LogP contribution >= 0.6 is 35.0 Å². The van der Waals surface area contributed by atoms with E-state index in [0.29, 0.717) is 15.0 Å². The number of thioether (sulfide) groups is 1. The zero-order valence-corrected chi connectivity index (χ0v) is 15.6. The van der Waals surface area contributed by atoms with Crippen molar-refractivity contribution < 1.29 is 9.59 Å². The van der Waals surface area contributed by atoms with Crippen molar-refractivity contribution in [3.8, 4) is 5.69 Å². The van der Waals surface area contributed by atoms with Gasteiger partial charge < -0.3 is 4.57 Å². The van der Waals surface area contributed by atoms with Crippen LogP contribution in [0.3, 0.4) is 0 Å². The van der Waals surface area contributed by atoms with Crippen molar-refractivity contribution in [1.29, 1.82) is 0 Å². The lowest BCUT2D eigenvalue weighted by Crippen LogP contribution is -2.22. The highest BCUT2D eigenvalue weighted by Gasteiger charge is 2.32. The molecule has 0 unspecified atom stereocenters. The van der Waals surface area contributed by atoms with E-state index in [-0.39, 0.29) is 11.1 Å². The minimum atomic E-state index is -0.282. The van der Waals surface area contributed by atoms with E-state index >= 15 is 0 Å². The molecular weight excluding hydrogens is 367 g/mol. The van der Waals surface area contributed by atoms with Gasteiger partial charge in [-0.1, -0.05) is 29.3 Å². The maximum Gasteiger partial charge on any atom is 0.293 e. The van der Waals surface area contributed by atoms with Crippen molar-refractivity contribution in [2.45, 2.75) is 13.8 Å². The Bertz CT molecular complexity index is 902. The fourth-order valence-electron chi connectivity index (χ4n) is 2.66. The molecule has 4 nitrogen and oxygen atoms in total. The van der Waals surface area contributed by atoms with Crippen LogP contribution in [0.4, 0.5) is 4.79 Å². The highest BCUT2D eigenvalue weighted by Crippen LogP contribution is 2.35. The van der Waals surface area contributed by atoms with Crippen molar-refractivity contribution in [2.75, 3.05) is 7.05 Å². The summed E-state index contributed by atoms with van der Waals surface area (Å²) >= 11 is 13.4. The molecule has 1 aliphatic rings. The van der Waals surface area contributed by atoms with Gasteiger partial charge in [0.05, 0.1) is 20.6 Å². The zero-order valence-electron chi connectivity index (χ0n) is 13.3. The fraction of sp³-hybridized carbons (Fsp3) is 0.176. The van der Waals surface area contributed by atoms with Crippen LogP contribution in [0.5, 0.6) is 0 Å². The topological polar surface area (TPSA) is 42.3 Å². The normalized spacial score (nSPS) is 16.5. The van der Waals surface area contributed by atoms with Crippen molar-refractivity contribution in [3.05, 3.63) is 56.2 Å². The quantitative estimate of drug-likeness (QED) is 0.683. The molecule has 1 aromatic heterocycles. The van der Waals surface area contributed by atoms with Crippen LogP contribution in [-0.2, 0) is 4.79 Å². The van der Waals surface area contributed by atoms with Gasteiger partial charge in [0.15, 0.2) is 0 Å². The predicted molar refractivity (Wildman–Crippen MR) is 99.0 cm³/mol. The van der Waals surface area contributed by atoms with Crippen LogP contribution in [0.2, 0.25) is 10.0 Å². The second-order valence-electron chi connectivity index (χ2n) is 5.48. The minimum absolute atomic E-state index is 0.266. The molecule has 0 saturated carbocycles. The first-order valence-corrected chi connectivity index (χ1v) is 8.73. The number of imide groups is 1. The number of halogens is 2. The summed E-state index contributed by atoms with van der Waals surface area (Å²) in [5.41, 5.74) is 3.52. The summed E-state index contributed by atoms with van der Waals surface area (Å²) in [4.78, 5) is 25.2. The molecule has 2 heterocycles. The number of likely N-dealkylation sites (N-methyl/N-ethyl adjacent to an activating group) is 1. The number of nitrogens with zero attached hydrogens (tertiary/aromatic N) is 2. The number of hydrogen-bond acceptors (Lipinski definition) is 3. The highest BCUT2D eigenvalue weighted by atomic mass is 35.5. The van der Waals surface area contributed by atoms with Crippen molar-refractivity contribution >= 4 is 52.2 Å². The monoisotopic (exact) mass is 380 g/mol. The molecule has 124 valence electrons. The van der Waals surface area contributed by atoms with Crippen molar-refractivity contribution in [1.82, 2.24) is 9.47 Å². The van der Waals surface area contributed by atoms with E-state index in [1.54, 1.807) is 12.1 Å². The number of aromatic nitrogens is 1. The second kappa shape index (κ2) is 6.31. The van der Waals surface area contributed by atoms with Gasteiger partial charge in [-0.05, 0) is 55.4 Å². The van der Waals surface area contributed by atoms with Gasteiger partial charge >= 0.3 is 0 Å². The number of hydrogen-bond donors (Lipinski definition) is 0. The summed E-state index contributed by atoms with van der Waals surface area (Å²) < 4.78 is 1.98. The van der Waals surface area contributed by atoms with Crippen molar-refractivity contribution in [3.63, 3.8) is 0 Å². The lowest BCUT2D eigenvalue weighted by atomic mass is 10.2. The molecule has 2 aromatic rings. The molecule has 0 atom stereocenters. The third-order valence-electron chi connectivity index (χ3n) is 3.92. The first-order chi connectivity index (χ1) is 11.3. The molecular formula is C17H14Cl2N2O2S. The van der Waals surface area contributed by atoms with E-state index in [1.165, 1.54) is 7.05 Å². The average molecular weight is 381 g/mol. The smallest absolute Gasteiger partial charge is 0.293 e. The molecule has 0 N–H and O–H groups in total.